The molecule has 0 aliphatic heterocycles. The minimum absolute atomic E-state index is 0.755. The van der Waals surface area contributed by atoms with Gasteiger partial charge in [0.25, 0.3) is 0 Å². The third-order valence-corrected chi connectivity index (χ3v) is 13.7. The van der Waals surface area contributed by atoms with E-state index in [1.54, 1.807) is 40.5 Å². The van der Waals surface area contributed by atoms with E-state index in [0.29, 0.717) is 0 Å². The zero-order valence-corrected chi connectivity index (χ0v) is 38.5. The molecule has 8 aromatic rings. The first kappa shape index (κ1) is 43.1. The first-order chi connectivity index (χ1) is 30.9. The summed E-state index contributed by atoms with van der Waals surface area (Å²) < 4.78 is 0. The van der Waals surface area contributed by atoms with E-state index >= 15 is 0 Å². The molecular weight excluding hydrogens is 841 g/mol. The van der Waals surface area contributed by atoms with Gasteiger partial charge in [-0.15, -0.1) is 34.4 Å². The van der Waals surface area contributed by atoms with Crippen molar-refractivity contribution in [1.29, 1.82) is 0 Å². The van der Waals surface area contributed by atoms with Crippen LogP contribution in [-0.2, 0) is 0 Å². The predicted octanol–water partition coefficient (Wildman–Crippen LogP) is 18.0. The van der Waals surface area contributed by atoms with Gasteiger partial charge in [-0.25, -0.2) is 0 Å². The molecule has 0 fully saturated rings. The average Bonchev–Trinajstić information content (AvgIpc) is 4.09. The number of rotatable bonds is 16. The Bertz CT molecular complexity index is 2870. The zero-order chi connectivity index (χ0) is 43.5. The van der Waals surface area contributed by atoms with E-state index < -0.39 is 0 Å². The fourth-order valence-electron chi connectivity index (χ4n) is 7.33. The molecule has 0 amide bonds. The highest BCUT2D eigenvalue weighted by Crippen LogP contribution is 2.39. The molecule has 2 aromatic heterocycles. The summed E-state index contributed by atoms with van der Waals surface area (Å²) in [6.45, 7) is 10.2. The molecule has 0 saturated carbocycles. The molecule has 6 aromatic carbocycles. The smallest absolute Gasteiger partial charge is 0.0462 e. The Hall–Kier alpha value is -6.54. The van der Waals surface area contributed by atoms with Crippen molar-refractivity contribution in [1.82, 2.24) is 0 Å². The van der Waals surface area contributed by atoms with E-state index in [-0.39, 0.29) is 0 Å². The Kier molecular flexibility index (Phi) is 14.1. The van der Waals surface area contributed by atoms with Crippen LogP contribution in [0.25, 0.3) is 48.0 Å². The van der Waals surface area contributed by atoms with Crippen molar-refractivity contribution >= 4 is 84.9 Å². The summed E-state index contributed by atoms with van der Waals surface area (Å²) in [6, 6.07) is 61.2. The monoisotopic (exact) mass is 886 g/mol. The Morgan fingerprint density at radius 1 is 0.556 bits per heavy atom. The normalized spacial score (nSPS) is 11.6. The van der Waals surface area contributed by atoms with E-state index in [4.69, 9.17) is 12.2 Å². The topological polar surface area (TPSA) is 6.48 Å². The van der Waals surface area contributed by atoms with Crippen LogP contribution in [0.5, 0.6) is 0 Å². The number of thioether (sulfide) groups is 1. The minimum Gasteiger partial charge on any atom is -0.317 e. The van der Waals surface area contributed by atoms with Gasteiger partial charge in [0.2, 0.25) is 0 Å². The van der Waals surface area contributed by atoms with Crippen molar-refractivity contribution in [2.24, 2.45) is 0 Å². The summed E-state index contributed by atoms with van der Waals surface area (Å²) in [4.78, 5) is 8.84. The molecule has 8 rings (SSSR count). The van der Waals surface area contributed by atoms with Crippen molar-refractivity contribution in [3.63, 3.8) is 0 Å². The van der Waals surface area contributed by atoms with E-state index in [1.807, 2.05) is 31.2 Å². The average molecular weight is 887 g/mol. The Balaban J connectivity index is 1.03. The lowest BCUT2D eigenvalue weighted by molar-refractivity contribution is 1.28. The molecule has 0 radical (unpaired) electrons. The summed E-state index contributed by atoms with van der Waals surface area (Å²) in [5, 5.41) is 4.23. The largest absolute Gasteiger partial charge is 0.317 e. The maximum absolute atomic E-state index is 5.59. The number of allylic oxidation sites excluding steroid dienone is 6. The van der Waals surface area contributed by atoms with E-state index in [9.17, 15) is 0 Å². The van der Waals surface area contributed by atoms with Gasteiger partial charge in [0, 0.05) is 54.2 Å². The summed E-state index contributed by atoms with van der Waals surface area (Å²) in [5.74, 6) is 0. The van der Waals surface area contributed by atoms with Crippen LogP contribution in [0.15, 0.2) is 236 Å². The number of anilines is 5. The number of hydrogen-bond donors (Lipinski definition) is 0. The van der Waals surface area contributed by atoms with Crippen LogP contribution in [0.1, 0.15) is 12.5 Å². The SMILES string of the molecule is C=C/C(=C\C=CN(c1ccc(-c2ccc(-c3ccc(N(c4ccc(C(=C)SC)cc4)c4ccc(-c5cccs5)cc4)cc3)cc2)cc1)c1ccc(-c2cccs2)cc1)C(=S)/C=C\C. The van der Waals surface area contributed by atoms with Crippen molar-refractivity contribution < 1.29 is 0 Å². The lowest BCUT2D eigenvalue weighted by atomic mass is 9.99. The fourth-order valence-corrected chi connectivity index (χ4v) is 9.46. The molecule has 308 valence electrons. The molecule has 0 atom stereocenters. The molecule has 6 heteroatoms. The first-order valence-electron chi connectivity index (χ1n) is 20.6. The van der Waals surface area contributed by atoms with Gasteiger partial charge in [0.1, 0.15) is 0 Å². The molecular formula is C57H46N2S4. The molecule has 0 spiro atoms. The summed E-state index contributed by atoms with van der Waals surface area (Å²) in [6.07, 6.45) is 13.9. The molecule has 0 saturated heterocycles. The highest BCUT2D eigenvalue weighted by molar-refractivity contribution is 8.07. The van der Waals surface area contributed by atoms with Crippen LogP contribution in [0, 0.1) is 0 Å². The van der Waals surface area contributed by atoms with E-state index in [0.717, 1.165) is 71.6 Å². The number of thiophene rings is 2. The summed E-state index contributed by atoms with van der Waals surface area (Å²) >= 11 is 10.8. The Labute approximate surface area is 389 Å². The first-order valence-corrected chi connectivity index (χ1v) is 24.0. The van der Waals surface area contributed by atoms with Crippen LogP contribution in [0.2, 0.25) is 0 Å². The van der Waals surface area contributed by atoms with E-state index in [2.05, 4.69) is 216 Å². The van der Waals surface area contributed by atoms with Gasteiger partial charge in [-0.05, 0) is 153 Å². The second-order valence-electron chi connectivity index (χ2n) is 14.6. The maximum Gasteiger partial charge on any atom is 0.0462 e. The maximum atomic E-state index is 5.59. The van der Waals surface area contributed by atoms with Gasteiger partial charge >= 0.3 is 0 Å². The highest BCUT2D eigenvalue weighted by Gasteiger charge is 2.15. The van der Waals surface area contributed by atoms with Crippen molar-refractivity contribution in [3.05, 3.63) is 241 Å². The molecule has 2 heterocycles. The molecule has 0 aliphatic rings. The summed E-state index contributed by atoms with van der Waals surface area (Å²) in [7, 11) is 0. The number of nitrogens with zero attached hydrogens (tertiary/aromatic N) is 2. The molecule has 0 unspecified atom stereocenters. The Morgan fingerprint density at radius 2 is 0.952 bits per heavy atom. The van der Waals surface area contributed by atoms with Crippen LogP contribution >= 0.6 is 46.7 Å². The molecule has 0 aliphatic carbocycles. The second kappa shape index (κ2) is 20.6. The quantitative estimate of drug-likeness (QED) is 0.0541. The number of hydrogen-bond acceptors (Lipinski definition) is 6. The molecule has 0 bridgehead atoms. The van der Waals surface area contributed by atoms with Crippen LogP contribution in [-0.4, -0.2) is 11.1 Å². The van der Waals surface area contributed by atoms with Gasteiger partial charge in [-0.1, -0.05) is 141 Å². The van der Waals surface area contributed by atoms with E-state index in [1.165, 1.54) is 20.9 Å². The lowest BCUT2D eigenvalue weighted by Gasteiger charge is -2.26. The molecule has 63 heavy (non-hydrogen) atoms. The van der Waals surface area contributed by atoms with Crippen molar-refractivity contribution in [2.45, 2.75) is 6.92 Å². The lowest BCUT2D eigenvalue weighted by Crippen LogP contribution is -2.09. The van der Waals surface area contributed by atoms with Crippen LogP contribution in [0.3, 0.4) is 0 Å². The number of thiocarbonyl (C=S) groups is 1. The third kappa shape index (κ3) is 10.2. The second-order valence-corrected chi connectivity index (χ2v) is 17.9. The number of benzene rings is 6. The molecule has 2 nitrogen and oxygen atoms in total. The Morgan fingerprint density at radius 3 is 1.33 bits per heavy atom. The van der Waals surface area contributed by atoms with Gasteiger partial charge < -0.3 is 9.80 Å². The van der Waals surface area contributed by atoms with Crippen molar-refractivity contribution in [3.8, 4) is 43.1 Å². The fraction of sp³-hybridized carbons (Fsp3) is 0.0351. The highest BCUT2D eigenvalue weighted by atomic mass is 32.2. The third-order valence-electron chi connectivity index (χ3n) is 10.7. The zero-order valence-electron chi connectivity index (χ0n) is 35.2. The van der Waals surface area contributed by atoms with Crippen LogP contribution in [0.4, 0.5) is 28.4 Å². The summed E-state index contributed by atoms with van der Waals surface area (Å²) in [5.41, 5.74) is 14.5. The van der Waals surface area contributed by atoms with Gasteiger partial charge in [-0.2, -0.15) is 0 Å². The van der Waals surface area contributed by atoms with Gasteiger partial charge in [0.05, 0.1) is 0 Å². The van der Waals surface area contributed by atoms with Gasteiger partial charge in [0.15, 0.2) is 0 Å². The van der Waals surface area contributed by atoms with Gasteiger partial charge in [-0.3, -0.25) is 0 Å². The minimum atomic E-state index is 0.755. The molecule has 0 N–H and O–H groups in total. The standard InChI is InChI=1S/C57H46N2S4/c1-5-10-55(60)42(6-2)11-7-38-58(51-30-24-48(25-31-51)56-12-8-39-62-56)50-28-20-46(21-29-50)44-14-16-45(17-15-44)47-22-34-53(35-23-47)59(52-32-18-43(19-33-52)41(3)61-4)54-36-26-49(27-37-54)57-13-9-40-63-57/h5-40H,2-3H2,1,4H3/b10-5-,38-7?,42-11+. The van der Waals surface area contributed by atoms with Crippen molar-refractivity contribution in [2.75, 3.05) is 16.1 Å². The predicted molar refractivity (Wildman–Crippen MR) is 285 cm³/mol. The van der Waals surface area contributed by atoms with Crippen LogP contribution < -0.4 is 9.80 Å².